The molecule has 4 nitrogen and oxygen atoms in total. The average Bonchev–Trinajstić information content (AvgIpc) is 2.83. The zero-order chi connectivity index (χ0) is 11.9. The van der Waals surface area contributed by atoms with Gasteiger partial charge >= 0.3 is 0 Å². The summed E-state index contributed by atoms with van der Waals surface area (Å²) < 4.78 is 5.51. The van der Waals surface area contributed by atoms with Crippen LogP contribution in [0.2, 0.25) is 0 Å². The Hall–Kier alpha value is -0.610. The van der Waals surface area contributed by atoms with Gasteiger partial charge in [-0.15, -0.1) is 0 Å². The van der Waals surface area contributed by atoms with Gasteiger partial charge in [-0.2, -0.15) is 0 Å². The molecule has 1 saturated heterocycles. The van der Waals surface area contributed by atoms with E-state index in [4.69, 9.17) is 4.74 Å². The van der Waals surface area contributed by atoms with Crippen LogP contribution in [0.15, 0.2) is 0 Å². The quantitative estimate of drug-likeness (QED) is 0.755. The van der Waals surface area contributed by atoms with Gasteiger partial charge in [0.1, 0.15) is 6.61 Å². The van der Waals surface area contributed by atoms with Gasteiger partial charge in [-0.3, -0.25) is 4.79 Å². The van der Waals surface area contributed by atoms with E-state index in [9.17, 15) is 4.79 Å². The topological polar surface area (TPSA) is 50.4 Å². The first-order valence-corrected chi connectivity index (χ1v) is 6.92. The van der Waals surface area contributed by atoms with E-state index >= 15 is 0 Å². The lowest BCUT2D eigenvalue weighted by molar-refractivity contribution is -0.126. The second-order valence-electron chi connectivity index (χ2n) is 5.26. The molecule has 1 aliphatic heterocycles. The number of hydrogen-bond donors (Lipinski definition) is 2. The van der Waals surface area contributed by atoms with Gasteiger partial charge < -0.3 is 15.4 Å². The van der Waals surface area contributed by atoms with Crippen molar-refractivity contribution in [1.82, 2.24) is 10.6 Å². The Balaban J connectivity index is 1.53. The van der Waals surface area contributed by atoms with Gasteiger partial charge in [-0.05, 0) is 44.7 Å². The van der Waals surface area contributed by atoms with Crippen molar-refractivity contribution in [2.45, 2.75) is 44.6 Å². The Bertz CT molecular complexity index is 234. The first-order valence-electron chi connectivity index (χ1n) is 6.92. The molecule has 98 valence electrons. The van der Waals surface area contributed by atoms with Crippen LogP contribution in [0.25, 0.3) is 0 Å². The molecule has 0 aromatic carbocycles. The SMILES string of the molecule is O=C(COCC1CCNCC1)NC1CCCC1. The number of amides is 1. The Morgan fingerprint density at radius 1 is 1.18 bits per heavy atom. The van der Waals surface area contributed by atoms with Crippen LogP contribution in [0, 0.1) is 5.92 Å². The Kier molecular flexibility index (Phi) is 5.26. The fourth-order valence-electron chi connectivity index (χ4n) is 2.71. The maximum atomic E-state index is 11.6. The van der Waals surface area contributed by atoms with Gasteiger partial charge in [0.15, 0.2) is 0 Å². The fraction of sp³-hybridized carbons (Fsp3) is 0.923. The summed E-state index contributed by atoms with van der Waals surface area (Å²) >= 11 is 0. The second-order valence-corrected chi connectivity index (χ2v) is 5.26. The lowest BCUT2D eigenvalue weighted by Gasteiger charge is -2.22. The normalized spacial score (nSPS) is 22.8. The maximum absolute atomic E-state index is 11.6. The zero-order valence-electron chi connectivity index (χ0n) is 10.5. The summed E-state index contributed by atoms with van der Waals surface area (Å²) in [4.78, 5) is 11.6. The standard InChI is InChI=1S/C13H24N2O2/c16-13(15-12-3-1-2-4-12)10-17-9-11-5-7-14-8-6-11/h11-12,14H,1-10H2,(H,15,16). The zero-order valence-corrected chi connectivity index (χ0v) is 10.5. The third-order valence-corrected chi connectivity index (χ3v) is 3.77. The molecule has 0 spiro atoms. The molecule has 2 N–H and O–H groups in total. The Morgan fingerprint density at radius 3 is 2.59 bits per heavy atom. The summed E-state index contributed by atoms with van der Waals surface area (Å²) in [5.41, 5.74) is 0. The third kappa shape index (κ3) is 4.64. The van der Waals surface area contributed by atoms with E-state index in [-0.39, 0.29) is 12.5 Å². The number of ether oxygens (including phenoxy) is 1. The van der Waals surface area contributed by atoms with E-state index in [1.165, 1.54) is 25.7 Å². The summed E-state index contributed by atoms with van der Waals surface area (Å²) in [6, 6.07) is 0.407. The molecular weight excluding hydrogens is 216 g/mol. The van der Waals surface area contributed by atoms with Crippen molar-refractivity contribution in [1.29, 1.82) is 0 Å². The van der Waals surface area contributed by atoms with E-state index in [0.29, 0.717) is 12.0 Å². The van der Waals surface area contributed by atoms with E-state index in [0.717, 1.165) is 32.5 Å². The minimum absolute atomic E-state index is 0.0610. The maximum Gasteiger partial charge on any atom is 0.246 e. The van der Waals surface area contributed by atoms with Gasteiger partial charge in [0.25, 0.3) is 0 Å². The van der Waals surface area contributed by atoms with Gasteiger partial charge in [-0.1, -0.05) is 12.8 Å². The number of nitrogens with one attached hydrogen (secondary N) is 2. The number of piperidine rings is 1. The summed E-state index contributed by atoms with van der Waals surface area (Å²) in [7, 11) is 0. The van der Waals surface area contributed by atoms with Crippen LogP contribution >= 0.6 is 0 Å². The van der Waals surface area contributed by atoms with Crippen molar-refractivity contribution in [2.75, 3.05) is 26.3 Å². The molecule has 0 aromatic heterocycles. The van der Waals surface area contributed by atoms with Crippen molar-refractivity contribution < 1.29 is 9.53 Å². The van der Waals surface area contributed by atoms with Crippen LogP contribution in [0.1, 0.15) is 38.5 Å². The first-order chi connectivity index (χ1) is 8.34. The lowest BCUT2D eigenvalue weighted by Crippen LogP contribution is -2.36. The highest BCUT2D eigenvalue weighted by molar-refractivity contribution is 5.77. The highest BCUT2D eigenvalue weighted by Crippen LogP contribution is 2.17. The molecule has 2 fully saturated rings. The molecule has 2 rings (SSSR count). The van der Waals surface area contributed by atoms with Crippen LogP contribution in [-0.4, -0.2) is 38.3 Å². The molecule has 1 aliphatic carbocycles. The highest BCUT2D eigenvalue weighted by atomic mass is 16.5. The Labute approximate surface area is 103 Å². The van der Waals surface area contributed by atoms with E-state index in [1.54, 1.807) is 0 Å². The van der Waals surface area contributed by atoms with Gasteiger partial charge in [0, 0.05) is 6.04 Å². The molecule has 17 heavy (non-hydrogen) atoms. The van der Waals surface area contributed by atoms with E-state index in [1.807, 2.05) is 0 Å². The summed E-state index contributed by atoms with van der Waals surface area (Å²) in [5.74, 6) is 0.696. The van der Waals surface area contributed by atoms with Crippen LogP contribution in [0.4, 0.5) is 0 Å². The molecule has 0 aromatic rings. The summed E-state index contributed by atoms with van der Waals surface area (Å²) in [5, 5.41) is 6.37. The molecule has 0 atom stereocenters. The predicted molar refractivity (Wildman–Crippen MR) is 66.8 cm³/mol. The predicted octanol–water partition coefficient (Wildman–Crippen LogP) is 1.06. The molecule has 4 heteroatoms. The minimum Gasteiger partial charge on any atom is -0.371 e. The van der Waals surface area contributed by atoms with Crippen LogP contribution < -0.4 is 10.6 Å². The Morgan fingerprint density at radius 2 is 1.88 bits per heavy atom. The molecule has 0 bridgehead atoms. The molecular formula is C13H24N2O2. The molecule has 0 radical (unpaired) electrons. The molecule has 1 saturated carbocycles. The lowest BCUT2D eigenvalue weighted by atomic mass is 9.99. The minimum atomic E-state index is 0.0610. The largest absolute Gasteiger partial charge is 0.371 e. The number of carbonyl (C=O) groups excluding carboxylic acids is 1. The molecule has 0 unspecified atom stereocenters. The fourth-order valence-corrected chi connectivity index (χ4v) is 2.71. The third-order valence-electron chi connectivity index (χ3n) is 3.77. The number of rotatable bonds is 5. The smallest absolute Gasteiger partial charge is 0.246 e. The summed E-state index contributed by atoms with van der Waals surface area (Å²) in [6.07, 6.45) is 7.12. The van der Waals surface area contributed by atoms with Crippen molar-refractivity contribution in [3.63, 3.8) is 0 Å². The van der Waals surface area contributed by atoms with Crippen LogP contribution in [-0.2, 0) is 9.53 Å². The molecule has 2 aliphatic rings. The van der Waals surface area contributed by atoms with Gasteiger partial charge in [0.05, 0.1) is 6.61 Å². The molecule has 1 heterocycles. The van der Waals surface area contributed by atoms with Gasteiger partial charge in [0.2, 0.25) is 5.91 Å². The van der Waals surface area contributed by atoms with E-state index < -0.39 is 0 Å². The highest BCUT2D eigenvalue weighted by Gasteiger charge is 2.18. The van der Waals surface area contributed by atoms with Crippen molar-refractivity contribution in [3.05, 3.63) is 0 Å². The van der Waals surface area contributed by atoms with Crippen LogP contribution in [0.3, 0.4) is 0 Å². The molecule has 1 amide bonds. The van der Waals surface area contributed by atoms with Crippen molar-refractivity contribution in [3.8, 4) is 0 Å². The average molecular weight is 240 g/mol. The van der Waals surface area contributed by atoms with Crippen LogP contribution in [0.5, 0.6) is 0 Å². The second kappa shape index (κ2) is 6.97. The first kappa shape index (κ1) is 12.8. The monoisotopic (exact) mass is 240 g/mol. The number of carbonyl (C=O) groups is 1. The number of hydrogen-bond acceptors (Lipinski definition) is 3. The van der Waals surface area contributed by atoms with Crippen molar-refractivity contribution >= 4 is 5.91 Å². The summed E-state index contributed by atoms with van der Waals surface area (Å²) in [6.45, 7) is 3.14. The van der Waals surface area contributed by atoms with Crippen molar-refractivity contribution in [2.24, 2.45) is 5.92 Å². The van der Waals surface area contributed by atoms with E-state index in [2.05, 4.69) is 10.6 Å². The van der Waals surface area contributed by atoms with Gasteiger partial charge in [-0.25, -0.2) is 0 Å².